The number of nitrogens with zero attached hydrogens (tertiary/aromatic N) is 1. The van der Waals surface area contributed by atoms with Crippen molar-refractivity contribution in [1.29, 1.82) is 0 Å². The fourth-order valence-electron chi connectivity index (χ4n) is 2.37. The highest BCUT2D eigenvalue weighted by Crippen LogP contribution is 2.32. The van der Waals surface area contributed by atoms with E-state index in [-0.39, 0.29) is 0 Å². The van der Waals surface area contributed by atoms with E-state index >= 15 is 0 Å². The summed E-state index contributed by atoms with van der Waals surface area (Å²) in [6.45, 7) is 3.58. The maximum atomic E-state index is 5.62. The molecular weight excluding hydrogens is 294 g/mol. The molecule has 1 fully saturated rings. The zero-order valence-corrected chi connectivity index (χ0v) is 13.6. The lowest BCUT2D eigenvalue weighted by atomic mass is 10.2. The number of fused-ring (bicyclic) bond motifs is 1. The Morgan fingerprint density at radius 1 is 1.26 bits per heavy atom. The summed E-state index contributed by atoms with van der Waals surface area (Å²) >= 11 is 0. The fourth-order valence-corrected chi connectivity index (χ4v) is 2.37. The molecule has 1 aliphatic heterocycles. The second-order valence-electron chi connectivity index (χ2n) is 5.91. The SMILES string of the molecule is CN=C(NCCCOCC1CC1)NCc1ccc2c(c1)OCO2. The van der Waals surface area contributed by atoms with Crippen LogP contribution in [-0.2, 0) is 11.3 Å². The van der Waals surface area contributed by atoms with E-state index in [9.17, 15) is 0 Å². The maximum absolute atomic E-state index is 5.62. The lowest BCUT2D eigenvalue weighted by Gasteiger charge is -2.12. The Labute approximate surface area is 137 Å². The molecule has 23 heavy (non-hydrogen) atoms. The van der Waals surface area contributed by atoms with Crippen molar-refractivity contribution in [3.05, 3.63) is 23.8 Å². The zero-order valence-electron chi connectivity index (χ0n) is 13.6. The highest BCUT2D eigenvalue weighted by Gasteiger charge is 2.20. The van der Waals surface area contributed by atoms with Crippen LogP contribution < -0.4 is 20.1 Å². The first-order chi connectivity index (χ1) is 11.3. The van der Waals surface area contributed by atoms with Gasteiger partial charge in [-0.05, 0) is 42.9 Å². The van der Waals surface area contributed by atoms with E-state index in [0.29, 0.717) is 13.3 Å². The van der Waals surface area contributed by atoms with Gasteiger partial charge in [0.1, 0.15) is 0 Å². The second-order valence-corrected chi connectivity index (χ2v) is 5.91. The minimum atomic E-state index is 0.304. The number of ether oxygens (including phenoxy) is 3. The minimum Gasteiger partial charge on any atom is -0.454 e. The number of nitrogens with one attached hydrogen (secondary N) is 2. The number of hydrogen-bond acceptors (Lipinski definition) is 4. The molecule has 2 aliphatic rings. The molecule has 1 aromatic rings. The lowest BCUT2D eigenvalue weighted by Crippen LogP contribution is -2.37. The van der Waals surface area contributed by atoms with Gasteiger partial charge in [-0.2, -0.15) is 0 Å². The summed E-state index contributed by atoms with van der Waals surface area (Å²) in [7, 11) is 1.78. The zero-order chi connectivity index (χ0) is 15.9. The van der Waals surface area contributed by atoms with Crippen molar-refractivity contribution >= 4 is 5.96 Å². The van der Waals surface area contributed by atoms with Crippen LogP contribution in [0.5, 0.6) is 11.5 Å². The van der Waals surface area contributed by atoms with Gasteiger partial charge in [0.05, 0.1) is 0 Å². The Bertz CT molecular complexity index is 544. The van der Waals surface area contributed by atoms with Crippen molar-refractivity contribution < 1.29 is 14.2 Å². The monoisotopic (exact) mass is 319 g/mol. The van der Waals surface area contributed by atoms with E-state index in [1.807, 2.05) is 18.2 Å². The minimum absolute atomic E-state index is 0.304. The van der Waals surface area contributed by atoms with Gasteiger partial charge in [-0.1, -0.05) is 6.07 Å². The molecule has 1 aliphatic carbocycles. The Morgan fingerprint density at radius 3 is 2.96 bits per heavy atom. The number of hydrogen-bond donors (Lipinski definition) is 2. The molecule has 0 saturated heterocycles. The van der Waals surface area contributed by atoms with Crippen molar-refractivity contribution in [2.75, 3.05) is 33.6 Å². The average molecular weight is 319 g/mol. The highest BCUT2D eigenvalue weighted by molar-refractivity contribution is 5.79. The molecule has 0 aromatic heterocycles. The summed E-state index contributed by atoms with van der Waals surface area (Å²) in [5.41, 5.74) is 1.13. The van der Waals surface area contributed by atoms with Crippen LogP contribution in [0.15, 0.2) is 23.2 Å². The third kappa shape index (κ3) is 5.03. The molecule has 0 amide bonds. The van der Waals surface area contributed by atoms with Gasteiger partial charge in [0.25, 0.3) is 0 Å². The van der Waals surface area contributed by atoms with Gasteiger partial charge in [-0.25, -0.2) is 0 Å². The maximum Gasteiger partial charge on any atom is 0.231 e. The Balaban J connectivity index is 1.32. The molecule has 1 saturated carbocycles. The van der Waals surface area contributed by atoms with Crippen molar-refractivity contribution in [2.45, 2.75) is 25.8 Å². The van der Waals surface area contributed by atoms with Gasteiger partial charge < -0.3 is 24.8 Å². The quantitative estimate of drug-likeness (QED) is 0.435. The highest BCUT2D eigenvalue weighted by atomic mass is 16.7. The van der Waals surface area contributed by atoms with Gasteiger partial charge in [0.15, 0.2) is 17.5 Å². The topological polar surface area (TPSA) is 64.1 Å². The average Bonchev–Trinajstić information content (AvgIpc) is 3.28. The summed E-state index contributed by atoms with van der Waals surface area (Å²) < 4.78 is 16.3. The lowest BCUT2D eigenvalue weighted by molar-refractivity contribution is 0.123. The summed E-state index contributed by atoms with van der Waals surface area (Å²) in [6.07, 6.45) is 3.67. The molecule has 1 heterocycles. The number of guanidine groups is 1. The van der Waals surface area contributed by atoms with Crippen molar-refractivity contribution in [2.24, 2.45) is 10.9 Å². The Kier molecular flexibility index (Phi) is 5.58. The van der Waals surface area contributed by atoms with E-state index in [1.54, 1.807) is 7.05 Å². The van der Waals surface area contributed by atoms with Gasteiger partial charge in [0.2, 0.25) is 6.79 Å². The first-order valence-electron chi connectivity index (χ1n) is 8.26. The van der Waals surface area contributed by atoms with E-state index < -0.39 is 0 Å². The van der Waals surface area contributed by atoms with Gasteiger partial charge >= 0.3 is 0 Å². The van der Waals surface area contributed by atoms with E-state index in [2.05, 4.69) is 15.6 Å². The fraction of sp³-hybridized carbons (Fsp3) is 0.588. The molecular formula is C17H25N3O3. The summed E-state index contributed by atoms with van der Waals surface area (Å²) in [6, 6.07) is 5.96. The van der Waals surface area contributed by atoms with Crippen LogP contribution in [0.4, 0.5) is 0 Å². The van der Waals surface area contributed by atoms with E-state index in [1.165, 1.54) is 12.8 Å². The molecule has 0 atom stereocenters. The number of benzene rings is 1. The smallest absolute Gasteiger partial charge is 0.231 e. The van der Waals surface area contributed by atoms with Crippen LogP contribution >= 0.6 is 0 Å². The van der Waals surface area contributed by atoms with Crippen LogP contribution in [0.3, 0.4) is 0 Å². The van der Waals surface area contributed by atoms with Crippen LogP contribution in [0, 0.1) is 5.92 Å². The van der Waals surface area contributed by atoms with Crippen molar-refractivity contribution in [3.8, 4) is 11.5 Å². The summed E-state index contributed by atoms with van der Waals surface area (Å²) in [5.74, 6) is 3.24. The first kappa shape index (κ1) is 15.9. The second kappa shape index (κ2) is 8.06. The van der Waals surface area contributed by atoms with Crippen LogP contribution in [0.1, 0.15) is 24.8 Å². The van der Waals surface area contributed by atoms with Crippen LogP contribution in [-0.4, -0.2) is 39.6 Å². The van der Waals surface area contributed by atoms with Crippen LogP contribution in [0.25, 0.3) is 0 Å². The molecule has 0 unspecified atom stereocenters. The summed E-state index contributed by atoms with van der Waals surface area (Å²) in [5, 5.41) is 6.60. The molecule has 2 N–H and O–H groups in total. The summed E-state index contributed by atoms with van der Waals surface area (Å²) in [4.78, 5) is 4.23. The molecule has 6 nitrogen and oxygen atoms in total. The van der Waals surface area contributed by atoms with Gasteiger partial charge in [0, 0.05) is 33.4 Å². The van der Waals surface area contributed by atoms with Crippen molar-refractivity contribution in [3.63, 3.8) is 0 Å². The molecule has 0 spiro atoms. The normalized spacial score (nSPS) is 16.5. The first-order valence-corrected chi connectivity index (χ1v) is 8.26. The van der Waals surface area contributed by atoms with E-state index in [0.717, 1.165) is 55.1 Å². The molecule has 0 bridgehead atoms. The van der Waals surface area contributed by atoms with Gasteiger partial charge in [-0.15, -0.1) is 0 Å². The predicted octanol–water partition coefficient (Wildman–Crippen LogP) is 1.90. The molecule has 3 rings (SSSR count). The molecule has 126 valence electrons. The van der Waals surface area contributed by atoms with Crippen molar-refractivity contribution in [1.82, 2.24) is 10.6 Å². The molecule has 6 heteroatoms. The predicted molar refractivity (Wildman–Crippen MR) is 88.9 cm³/mol. The largest absolute Gasteiger partial charge is 0.454 e. The Hall–Kier alpha value is -1.95. The van der Waals surface area contributed by atoms with E-state index in [4.69, 9.17) is 14.2 Å². The molecule has 1 aromatic carbocycles. The Morgan fingerprint density at radius 2 is 2.13 bits per heavy atom. The number of rotatable bonds is 8. The van der Waals surface area contributed by atoms with Crippen LogP contribution in [0.2, 0.25) is 0 Å². The van der Waals surface area contributed by atoms with Gasteiger partial charge in [-0.3, -0.25) is 4.99 Å². The number of aliphatic imine (C=N–C) groups is 1. The molecule has 0 radical (unpaired) electrons. The third-order valence-corrected chi connectivity index (χ3v) is 3.93. The third-order valence-electron chi connectivity index (χ3n) is 3.93. The standard InChI is InChI=1S/C17H25N3O3/c1-18-17(19-7-2-8-21-11-13-3-4-13)20-10-14-5-6-15-16(9-14)23-12-22-15/h5-6,9,13H,2-4,7-8,10-12H2,1H3,(H2,18,19,20).